The van der Waals surface area contributed by atoms with E-state index in [2.05, 4.69) is 5.32 Å². The van der Waals surface area contributed by atoms with Crippen LogP contribution < -0.4 is 5.32 Å². The van der Waals surface area contributed by atoms with Gasteiger partial charge in [0, 0.05) is 6.54 Å². The van der Waals surface area contributed by atoms with Gasteiger partial charge in [0.15, 0.2) is 0 Å². The van der Waals surface area contributed by atoms with Crippen LogP contribution in [0.15, 0.2) is 11.9 Å². The lowest BCUT2D eigenvalue weighted by atomic mass is 9.98. The monoisotopic (exact) mass is 201 g/mol. The molecule has 1 amide bonds. The van der Waals surface area contributed by atoms with Crippen LogP contribution in [0.5, 0.6) is 0 Å². The molecule has 0 saturated heterocycles. The molecule has 14 heavy (non-hydrogen) atoms. The van der Waals surface area contributed by atoms with Crippen molar-refractivity contribution >= 4 is 13.9 Å². The van der Waals surface area contributed by atoms with Gasteiger partial charge in [0.2, 0.25) is 0 Å². The Hall–Kier alpha value is -0.995. The molecule has 0 atom stereocenters. The van der Waals surface area contributed by atoms with Gasteiger partial charge in [-0.1, -0.05) is 6.32 Å². The van der Waals surface area contributed by atoms with Gasteiger partial charge < -0.3 is 10.1 Å². The van der Waals surface area contributed by atoms with E-state index in [1.54, 1.807) is 20.8 Å². The van der Waals surface area contributed by atoms with Crippen LogP contribution in [0.2, 0.25) is 6.32 Å². The van der Waals surface area contributed by atoms with Gasteiger partial charge in [-0.2, -0.15) is 0 Å². The lowest BCUT2D eigenvalue weighted by Gasteiger charge is -2.19. The van der Waals surface area contributed by atoms with Crippen LogP contribution in [0.4, 0.5) is 9.18 Å². The molecule has 1 N–H and O–H groups in total. The Morgan fingerprint density at radius 2 is 2.14 bits per heavy atom. The second-order valence-corrected chi connectivity index (χ2v) is 3.98. The predicted molar refractivity (Wildman–Crippen MR) is 56.8 cm³/mol. The van der Waals surface area contributed by atoms with Crippen molar-refractivity contribution in [3.05, 3.63) is 11.9 Å². The number of carbonyl (C=O) groups is 1. The molecular weight excluding hydrogens is 184 g/mol. The average Bonchev–Trinajstić information content (AvgIpc) is 2.03. The number of hydrogen-bond acceptors (Lipinski definition) is 2. The van der Waals surface area contributed by atoms with Crippen molar-refractivity contribution in [3.8, 4) is 0 Å². The summed E-state index contributed by atoms with van der Waals surface area (Å²) >= 11 is 0. The van der Waals surface area contributed by atoms with Crippen molar-refractivity contribution in [2.75, 3.05) is 6.54 Å². The summed E-state index contributed by atoms with van der Waals surface area (Å²) in [5.74, 6) is 0. The second-order valence-electron chi connectivity index (χ2n) is 3.98. The molecule has 3 nitrogen and oxygen atoms in total. The van der Waals surface area contributed by atoms with E-state index in [4.69, 9.17) is 4.74 Å². The minimum absolute atomic E-state index is 0.196. The van der Waals surface area contributed by atoms with Crippen LogP contribution in [0.3, 0.4) is 0 Å². The van der Waals surface area contributed by atoms with Crippen molar-refractivity contribution in [3.63, 3.8) is 0 Å². The summed E-state index contributed by atoms with van der Waals surface area (Å²) < 4.78 is 17.1. The third kappa shape index (κ3) is 6.51. The summed E-state index contributed by atoms with van der Waals surface area (Å²) in [6, 6.07) is 0. The first-order chi connectivity index (χ1) is 6.39. The fraction of sp³-hybridized carbons (Fsp3) is 0.667. The number of alkyl carbamates (subject to hydrolysis) is 1. The molecule has 0 aliphatic rings. The van der Waals surface area contributed by atoms with Crippen LogP contribution in [-0.2, 0) is 4.74 Å². The first-order valence-electron chi connectivity index (χ1n) is 4.64. The van der Waals surface area contributed by atoms with Gasteiger partial charge in [-0.05, 0) is 26.3 Å². The van der Waals surface area contributed by atoms with Crippen LogP contribution in [0, 0.1) is 0 Å². The summed E-state index contributed by atoms with van der Waals surface area (Å²) in [5.41, 5.74) is 0.0199. The van der Waals surface area contributed by atoms with Crippen LogP contribution in [-0.4, -0.2) is 26.1 Å². The lowest BCUT2D eigenvalue weighted by Crippen LogP contribution is -2.33. The SMILES string of the molecule is BC/C(=C/F)CNC(=O)OC(C)(C)C. The molecule has 0 heterocycles. The van der Waals surface area contributed by atoms with E-state index in [1.165, 1.54) is 0 Å². The number of rotatable bonds is 3. The van der Waals surface area contributed by atoms with Crippen molar-refractivity contribution < 1.29 is 13.9 Å². The van der Waals surface area contributed by atoms with Crippen molar-refractivity contribution in [2.45, 2.75) is 32.7 Å². The number of halogens is 1. The molecule has 0 bridgehead atoms. The standard InChI is InChI=1S/C9H17BFNO2/c1-9(2,3)14-8(13)12-6-7(4-10)5-11/h5H,4,6,10H2,1-3H3,(H,12,13)/b7-5-. The van der Waals surface area contributed by atoms with Gasteiger partial charge in [0.25, 0.3) is 0 Å². The zero-order chi connectivity index (χ0) is 11.2. The molecule has 0 spiro atoms. The first-order valence-corrected chi connectivity index (χ1v) is 4.64. The lowest BCUT2D eigenvalue weighted by molar-refractivity contribution is 0.0532. The Kier molecular flexibility index (Phi) is 5.27. The molecule has 5 heteroatoms. The molecule has 0 aliphatic heterocycles. The topological polar surface area (TPSA) is 38.3 Å². The molecule has 0 fully saturated rings. The van der Waals surface area contributed by atoms with Gasteiger partial charge >= 0.3 is 6.09 Å². The van der Waals surface area contributed by atoms with Gasteiger partial charge in [-0.3, -0.25) is 0 Å². The highest BCUT2D eigenvalue weighted by Crippen LogP contribution is 2.06. The van der Waals surface area contributed by atoms with Crippen LogP contribution in [0.1, 0.15) is 20.8 Å². The molecule has 0 aliphatic carbocycles. The summed E-state index contributed by atoms with van der Waals surface area (Å²) in [4.78, 5) is 11.1. The Bertz CT molecular complexity index is 223. The van der Waals surface area contributed by atoms with Gasteiger partial charge in [-0.15, -0.1) is 0 Å². The fourth-order valence-corrected chi connectivity index (χ4v) is 0.741. The number of ether oxygens (including phenoxy) is 1. The van der Waals surface area contributed by atoms with Crippen LogP contribution >= 0.6 is 0 Å². The number of amides is 1. The van der Waals surface area contributed by atoms with E-state index in [-0.39, 0.29) is 6.54 Å². The maximum atomic E-state index is 12.1. The van der Waals surface area contributed by atoms with Gasteiger partial charge in [0.05, 0.1) is 6.33 Å². The zero-order valence-corrected chi connectivity index (χ0v) is 9.19. The van der Waals surface area contributed by atoms with Gasteiger partial charge in [0.1, 0.15) is 13.4 Å². The minimum Gasteiger partial charge on any atom is -0.444 e. The average molecular weight is 201 g/mol. The summed E-state index contributed by atoms with van der Waals surface area (Å²) in [6.07, 6.45) is 0.564. The maximum absolute atomic E-state index is 12.1. The fourth-order valence-electron chi connectivity index (χ4n) is 0.741. The smallest absolute Gasteiger partial charge is 0.407 e. The molecule has 0 saturated carbocycles. The predicted octanol–water partition coefficient (Wildman–Crippen LogP) is 1.42. The molecule has 0 aromatic rings. The third-order valence-electron chi connectivity index (χ3n) is 1.47. The summed E-state index contributed by atoms with van der Waals surface area (Å²) in [7, 11) is 1.82. The van der Waals surface area contributed by atoms with E-state index in [0.717, 1.165) is 0 Å². The molecule has 80 valence electrons. The van der Waals surface area contributed by atoms with Crippen molar-refractivity contribution in [2.24, 2.45) is 0 Å². The number of nitrogens with one attached hydrogen (secondary N) is 1. The Labute approximate surface area is 85.1 Å². The number of carbonyl (C=O) groups excluding carboxylic acids is 1. The number of hydrogen-bond donors (Lipinski definition) is 1. The zero-order valence-electron chi connectivity index (χ0n) is 9.19. The normalized spacial score (nSPS) is 12.4. The molecule has 0 rings (SSSR count). The van der Waals surface area contributed by atoms with Gasteiger partial charge in [-0.25, -0.2) is 9.18 Å². The highest BCUT2D eigenvalue weighted by atomic mass is 19.1. The Balaban J connectivity index is 3.86. The van der Waals surface area contributed by atoms with E-state index in [1.807, 2.05) is 7.85 Å². The summed E-state index contributed by atoms with van der Waals surface area (Å²) in [6.45, 7) is 5.52. The highest BCUT2D eigenvalue weighted by molar-refractivity contribution is 6.10. The van der Waals surface area contributed by atoms with Crippen molar-refractivity contribution in [1.29, 1.82) is 0 Å². The molecule has 0 radical (unpaired) electrons. The Morgan fingerprint density at radius 3 is 2.50 bits per heavy atom. The van der Waals surface area contributed by atoms with E-state index in [0.29, 0.717) is 18.2 Å². The Morgan fingerprint density at radius 1 is 1.57 bits per heavy atom. The third-order valence-corrected chi connectivity index (χ3v) is 1.47. The molecule has 0 aromatic carbocycles. The van der Waals surface area contributed by atoms with E-state index in [9.17, 15) is 9.18 Å². The summed E-state index contributed by atoms with van der Waals surface area (Å²) in [5, 5.41) is 2.47. The maximum Gasteiger partial charge on any atom is 0.407 e. The van der Waals surface area contributed by atoms with Crippen LogP contribution in [0.25, 0.3) is 0 Å². The molecule has 0 unspecified atom stereocenters. The highest BCUT2D eigenvalue weighted by Gasteiger charge is 2.15. The van der Waals surface area contributed by atoms with E-state index >= 15 is 0 Å². The van der Waals surface area contributed by atoms with Crippen molar-refractivity contribution in [1.82, 2.24) is 5.32 Å². The van der Waals surface area contributed by atoms with E-state index < -0.39 is 11.7 Å². The molecular formula is C9H17BFNO2. The minimum atomic E-state index is -0.523. The molecule has 0 aromatic heterocycles. The second kappa shape index (κ2) is 5.68. The largest absolute Gasteiger partial charge is 0.444 e. The quantitative estimate of drug-likeness (QED) is 0.701. The first kappa shape index (κ1) is 13.0.